The normalized spacial score (nSPS) is 24.5. The van der Waals surface area contributed by atoms with Crippen molar-refractivity contribution in [1.29, 1.82) is 0 Å². The number of aliphatic hydroxyl groups is 1. The second-order valence-corrected chi connectivity index (χ2v) is 5.30. The fourth-order valence-electron chi connectivity index (χ4n) is 1.99. The Balaban J connectivity index is 2.49. The molecular weight excluding hydrogens is 188 g/mol. The molecule has 2 atom stereocenters. The average Bonchev–Trinajstić information content (AvgIpc) is 2.17. The monoisotopic (exact) mass is 206 g/mol. The summed E-state index contributed by atoms with van der Waals surface area (Å²) in [5, 5.41) is 9.14. The quantitative estimate of drug-likeness (QED) is 0.675. The Labute approximate surface area is 81.1 Å². The maximum Gasteiger partial charge on any atom is 0.145 e. The summed E-state index contributed by atoms with van der Waals surface area (Å²) in [6, 6.07) is 0. The van der Waals surface area contributed by atoms with Gasteiger partial charge in [0.15, 0.2) is 0 Å². The second-order valence-electron chi connectivity index (χ2n) is 3.91. The van der Waals surface area contributed by atoms with E-state index in [-0.39, 0.29) is 5.92 Å². The van der Waals surface area contributed by atoms with E-state index in [9.17, 15) is 13.5 Å². The van der Waals surface area contributed by atoms with Crippen molar-refractivity contribution in [2.24, 2.45) is 5.92 Å². The van der Waals surface area contributed by atoms with E-state index in [1.165, 1.54) is 6.42 Å². The molecular formula is C9H18O3S. The molecule has 1 rings (SSSR count). The zero-order valence-electron chi connectivity index (χ0n) is 7.98. The van der Waals surface area contributed by atoms with Gasteiger partial charge < -0.3 is 5.11 Å². The van der Waals surface area contributed by atoms with Crippen molar-refractivity contribution in [3.05, 3.63) is 0 Å². The van der Waals surface area contributed by atoms with Crippen LogP contribution in [0.2, 0.25) is 0 Å². The summed E-state index contributed by atoms with van der Waals surface area (Å²) in [6.45, 7) is 1.59. The summed E-state index contributed by atoms with van der Waals surface area (Å²) in [6.07, 6.45) is 4.79. The first-order valence-corrected chi connectivity index (χ1v) is 6.19. The molecule has 0 saturated heterocycles. The first-order valence-electron chi connectivity index (χ1n) is 4.94. The van der Waals surface area contributed by atoms with Crippen molar-refractivity contribution in [3.8, 4) is 0 Å². The van der Waals surface area contributed by atoms with Crippen LogP contribution >= 0.6 is 0 Å². The summed E-state index contributed by atoms with van der Waals surface area (Å²) in [5.41, 5.74) is 0. The van der Waals surface area contributed by atoms with Gasteiger partial charge in [0.25, 0.3) is 0 Å². The summed E-state index contributed by atoms with van der Waals surface area (Å²) >= 11 is 0. The van der Waals surface area contributed by atoms with E-state index in [2.05, 4.69) is 0 Å². The topological polar surface area (TPSA) is 54.4 Å². The predicted molar refractivity (Wildman–Crippen MR) is 52.4 cm³/mol. The number of hydrogen-bond acceptors (Lipinski definition) is 3. The van der Waals surface area contributed by atoms with Crippen LogP contribution in [-0.4, -0.2) is 24.9 Å². The van der Waals surface area contributed by atoms with E-state index in [1.807, 2.05) is 0 Å². The first kappa shape index (κ1) is 11.0. The molecule has 0 unspecified atom stereocenters. The van der Waals surface area contributed by atoms with Gasteiger partial charge in [0, 0.05) is 0 Å². The molecule has 0 spiro atoms. The molecule has 0 aromatic carbocycles. The number of rotatable bonds is 3. The van der Waals surface area contributed by atoms with Crippen LogP contribution in [0, 0.1) is 5.92 Å². The third kappa shape index (κ3) is 2.95. The van der Waals surface area contributed by atoms with Crippen molar-refractivity contribution in [1.82, 2.24) is 0 Å². The van der Waals surface area contributed by atoms with E-state index >= 15 is 0 Å². The minimum Gasteiger partial charge on any atom is -0.392 e. The second kappa shape index (κ2) is 4.96. The van der Waals surface area contributed by atoms with Crippen molar-refractivity contribution in [3.63, 3.8) is 0 Å². The number of thiol groups is 1. The SMILES string of the molecule is C[C@@H]([C@H](O)C1CCCCC1)[SH](=O)=O. The van der Waals surface area contributed by atoms with E-state index < -0.39 is 22.1 Å². The largest absolute Gasteiger partial charge is 0.392 e. The Morgan fingerprint density at radius 1 is 1.23 bits per heavy atom. The van der Waals surface area contributed by atoms with Gasteiger partial charge >= 0.3 is 0 Å². The van der Waals surface area contributed by atoms with Crippen LogP contribution in [0.4, 0.5) is 0 Å². The standard InChI is InChI=1S/C9H18O3S/c1-7(13(11)12)9(10)8-5-3-2-4-6-8/h7-10,13H,2-6H2,1H3/t7-,9-/m0/s1. The van der Waals surface area contributed by atoms with Crippen LogP contribution in [0.5, 0.6) is 0 Å². The average molecular weight is 206 g/mol. The highest BCUT2D eigenvalue weighted by Gasteiger charge is 2.27. The Morgan fingerprint density at radius 2 is 1.77 bits per heavy atom. The number of aliphatic hydroxyl groups excluding tert-OH is 1. The molecule has 1 saturated carbocycles. The lowest BCUT2D eigenvalue weighted by Gasteiger charge is -2.28. The van der Waals surface area contributed by atoms with Crippen molar-refractivity contribution < 1.29 is 13.5 Å². The van der Waals surface area contributed by atoms with Crippen molar-refractivity contribution in [2.75, 3.05) is 0 Å². The highest BCUT2D eigenvalue weighted by Crippen LogP contribution is 2.28. The highest BCUT2D eigenvalue weighted by molar-refractivity contribution is 7.73. The van der Waals surface area contributed by atoms with E-state index in [0.29, 0.717) is 0 Å². The molecule has 1 aliphatic rings. The van der Waals surface area contributed by atoms with Crippen LogP contribution in [-0.2, 0) is 10.7 Å². The summed E-state index contributed by atoms with van der Waals surface area (Å²) in [5.74, 6) is 0.205. The molecule has 13 heavy (non-hydrogen) atoms. The highest BCUT2D eigenvalue weighted by atomic mass is 32.2. The Morgan fingerprint density at radius 3 is 2.23 bits per heavy atom. The van der Waals surface area contributed by atoms with Crippen LogP contribution < -0.4 is 0 Å². The third-order valence-electron chi connectivity index (χ3n) is 2.96. The summed E-state index contributed by atoms with van der Waals surface area (Å²) in [4.78, 5) is 0. The minimum atomic E-state index is -2.48. The molecule has 0 heterocycles. The zero-order valence-corrected chi connectivity index (χ0v) is 8.87. The predicted octanol–water partition coefficient (Wildman–Crippen LogP) is 0.927. The van der Waals surface area contributed by atoms with Gasteiger partial charge in [0.05, 0.1) is 11.4 Å². The Kier molecular flexibility index (Phi) is 4.19. The van der Waals surface area contributed by atoms with Crippen LogP contribution in [0.1, 0.15) is 39.0 Å². The molecule has 78 valence electrons. The lowest BCUT2D eigenvalue weighted by Crippen LogP contribution is -2.33. The van der Waals surface area contributed by atoms with Gasteiger partial charge in [-0.1, -0.05) is 19.3 Å². The minimum absolute atomic E-state index is 0.205. The first-order chi connectivity index (χ1) is 6.13. The van der Waals surface area contributed by atoms with Gasteiger partial charge in [-0.2, -0.15) is 0 Å². The van der Waals surface area contributed by atoms with Gasteiger partial charge in [-0.05, 0) is 25.7 Å². The molecule has 3 nitrogen and oxygen atoms in total. The summed E-state index contributed by atoms with van der Waals surface area (Å²) < 4.78 is 21.3. The summed E-state index contributed by atoms with van der Waals surface area (Å²) in [7, 11) is -2.48. The molecule has 0 aliphatic heterocycles. The molecule has 4 heteroatoms. The molecule has 0 aromatic heterocycles. The van der Waals surface area contributed by atoms with Gasteiger partial charge in [-0.15, -0.1) is 0 Å². The molecule has 1 N–H and O–H groups in total. The number of hydrogen-bond donors (Lipinski definition) is 2. The third-order valence-corrected chi connectivity index (χ3v) is 3.93. The zero-order chi connectivity index (χ0) is 9.84. The molecule has 0 aromatic rings. The van der Waals surface area contributed by atoms with Gasteiger partial charge in [-0.3, -0.25) is 0 Å². The molecule has 0 radical (unpaired) electrons. The molecule has 0 bridgehead atoms. The van der Waals surface area contributed by atoms with E-state index in [4.69, 9.17) is 0 Å². The molecule has 1 fully saturated rings. The lowest BCUT2D eigenvalue weighted by atomic mass is 9.84. The smallest absolute Gasteiger partial charge is 0.145 e. The van der Waals surface area contributed by atoms with Crippen molar-refractivity contribution in [2.45, 2.75) is 50.4 Å². The molecule has 1 aliphatic carbocycles. The van der Waals surface area contributed by atoms with Gasteiger partial charge in [0.2, 0.25) is 0 Å². The van der Waals surface area contributed by atoms with Crippen LogP contribution in [0.25, 0.3) is 0 Å². The maximum atomic E-state index is 10.7. The van der Waals surface area contributed by atoms with Crippen molar-refractivity contribution >= 4 is 10.7 Å². The Bertz CT molecular complexity index is 211. The Hall–Kier alpha value is -0.0900. The van der Waals surface area contributed by atoms with Gasteiger partial charge in [-0.25, -0.2) is 8.42 Å². The van der Waals surface area contributed by atoms with Gasteiger partial charge in [0.1, 0.15) is 10.7 Å². The lowest BCUT2D eigenvalue weighted by molar-refractivity contribution is 0.0847. The fourth-order valence-corrected chi connectivity index (χ4v) is 2.49. The van der Waals surface area contributed by atoms with Crippen LogP contribution in [0.15, 0.2) is 0 Å². The fraction of sp³-hybridized carbons (Fsp3) is 1.00. The van der Waals surface area contributed by atoms with Crippen LogP contribution in [0.3, 0.4) is 0 Å². The maximum absolute atomic E-state index is 10.7. The molecule has 0 amide bonds. The van der Waals surface area contributed by atoms with E-state index in [1.54, 1.807) is 6.92 Å². The van der Waals surface area contributed by atoms with E-state index in [0.717, 1.165) is 25.7 Å².